The van der Waals surface area contributed by atoms with E-state index in [1.54, 1.807) is 12.2 Å². The normalized spacial score (nSPS) is 12.8. The third-order valence-electron chi connectivity index (χ3n) is 3.10. The van der Waals surface area contributed by atoms with Gasteiger partial charge in [0, 0.05) is 17.1 Å². The molecule has 3 heteroatoms. The zero-order valence-electron chi connectivity index (χ0n) is 12.5. The minimum Gasteiger partial charge on any atom is -0.350 e. The number of hydrogen-bond donors (Lipinski definition) is 1. The van der Waals surface area contributed by atoms with Gasteiger partial charge in [0.05, 0.1) is 0 Å². The highest BCUT2D eigenvalue weighted by Gasteiger charge is 2.05. The van der Waals surface area contributed by atoms with Crippen molar-refractivity contribution in [3.8, 4) is 0 Å². The lowest BCUT2D eigenvalue weighted by Gasteiger charge is -2.13. The summed E-state index contributed by atoms with van der Waals surface area (Å²) in [5.74, 6) is 0.680. The number of rotatable bonds is 7. The van der Waals surface area contributed by atoms with Crippen molar-refractivity contribution in [2.24, 2.45) is 5.92 Å². The van der Waals surface area contributed by atoms with Crippen LogP contribution in [0.2, 0.25) is 5.02 Å². The summed E-state index contributed by atoms with van der Waals surface area (Å²) >= 11 is 5.81. The maximum absolute atomic E-state index is 11.8. The molecule has 20 heavy (non-hydrogen) atoms. The molecule has 1 rings (SSSR count). The van der Waals surface area contributed by atoms with Gasteiger partial charge in [-0.05, 0) is 43.0 Å². The zero-order valence-corrected chi connectivity index (χ0v) is 13.3. The molecular weight excluding hydrogens is 270 g/mol. The number of carbonyl (C=O) groups excluding carboxylic acids is 1. The van der Waals surface area contributed by atoms with Gasteiger partial charge in [-0.15, -0.1) is 0 Å². The highest BCUT2D eigenvalue weighted by Crippen LogP contribution is 2.11. The number of hydrogen-bond acceptors (Lipinski definition) is 1. The van der Waals surface area contributed by atoms with E-state index in [0.717, 1.165) is 24.3 Å². The summed E-state index contributed by atoms with van der Waals surface area (Å²) in [5, 5.41) is 3.68. The van der Waals surface area contributed by atoms with Crippen LogP contribution in [0.3, 0.4) is 0 Å². The fraction of sp³-hybridized carbons (Fsp3) is 0.471. The third-order valence-corrected chi connectivity index (χ3v) is 3.36. The topological polar surface area (TPSA) is 29.1 Å². The summed E-state index contributed by atoms with van der Waals surface area (Å²) in [6.07, 6.45) is 6.76. The maximum Gasteiger partial charge on any atom is 0.244 e. The van der Waals surface area contributed by atoms with Gasteiger partial charge in [-0.2, -0.15) is 0 Å². The highest BCUT2D eigenvalue weighted by atomic mass is 35.5. The first-order valence-electron chi connectivity index (χ1n) is 7.21. The van der Waals surface area contributed by atoms with Gasteiger partial charge in [0.2, 0.25) is 5.91 Å². The van der Waals surface area contributed by atoms with Crippen LogP contribution in [-0.4, -0.2) is 11.9 Å². The molecule has 0 aliphatic heterocycles. The minimum absolute atomic E-state index is 0.0444. The summed E-state index contributed by atoms with van der Waals surface area (Å²) in [7, 11) is 0. The molecule has 0 saturated carbocycles. The van der Waals surface area contributed by atoms with Crippen LogP contribution in [0, 0.1) is 5.92 Å². The van der Waals surface area contributed by atoms with Crippen molar-refractivity contribution in [2.45, 2.75) is 46.1 Å². The summed E-state index contributed by atoms with van der Waals surface area (Å²) < 4.78 is 0. The van der Waals surface area contributed by atoms with Gasteiger partial charge in [-0.3, -0.25) is 4.79 Å². The fourth-order valence-corrected chi connectivity index (χ4v) is 2.07. The monoisotopic (exact) mass is 293 g/mol. The first-order chi connectivity index (χ1) is 9.47. The SMILES string of the molecule is CC(C)CCCC(C)NC(=O)C=Cc1ccc(Cl)cc1. The number of benzene rings is 1. The molecule has 1 unspecified atom stereocenters. The number of nitrogens with one attached hydrogen (secondary N) is 1. The van der Waals surface area contributed by atoms with Crippen LogP contribution >= 0.6 is 11.6 Å². The number of carbonyl (C=O) groups is 1. The molecule has 0 aromatic heterocycles. The van der Waals surface area contributed by atoms with Crippen molar-refractivity contribution in [1.82, 2.24) is 5.32 Å². The van der Waals surface area contributed by atoms with Gasteiger partial charge in [0.25, 0.3) is 0 Å². The van der Waals surface area contributed by atoms with E-state index < -0.39 is 0 Å². The molecule has 0 fully saturated rings. The predicted octanol–water partition coefficient (Wildman–Crippen LogP) is 4.68. The van der Waals surface area contributed by atoms with Crippen LogP contribution < -0.4 is 5.32 Å². The molecule has 1 aromatic rings. The van der Waals surface area contributed by atoms with Gasteiger partial charge in [0.1, 0.15) is 0 Å². The highest BCUT2D eigenvalue weighted by molar-refractivity contribution is 6.30. The fourth-order valence-electron chi connectivity index (χ4n) is 1.94. The largest absolute Gasteiger partial charge is 0.350 e. The Morgan fingerprint density at radius 1 is 1.20 bits per heavy atom. The van der Waals surface area contributed by atoms with Crippen LogP contribution in [0.4, 0.5) is 0 Å². The molecule has 1 N–H and O–H groups in total. The van der Waals surface area contributed by atoms with Gasteiger partial charge < -0.3 is 5.32 Å². The van der Waals surface area contributed by atoms with E-state index in [4.69, 9.17) is 11.6 Å². The molecule has 1 atom stereocenters. The lowest BCUT2D eigenvalue weighted by Crippen LogP contribution is -2.31. The Labute approximate surface area is 127 Å². The lowest BCUT2D eigenvalue weighted by molar-refractivity contribution is -0.117. The van der Waals surface area contributed by atoms with E-state index in [9.17, 15) is 4.79 Å². The molecule has 1 aromatic carbocycles. The Bertz CT molecular complexity index is 437. The predicted molar refractivity (Wildman–Crippen MR) is 86.8 cm³/mol. The van der Waals surface area contributed by atoms with Crippen LogP contribution in [0.1, 0.15) is 45.6 Å². The maximum atomic E-state index is 11.8. The quantitative estimate of drug-likeness (QED) is 0.726. The molecule has 0 aliphatic rings. The molecular formula is C17H24ClNO. The van der Waals surface area contributed by atoms with Gasteiger partial charge in [-0.25, -0.2) is 0 Å². The Balaban J connectivity index is 2.33. The Kier molecular flexibility index (Phi) is 7.38. The molecule has 0 saturated heterocycles. The van der Waals surface area contributed by atoms with Crippen molar-refractivity contribution < 1.29 is 4.79 Å². The molecule has 0 aliphatic carbocycles. The van der Waals surface area contributed by atoms with E-state index in [2.05, 4.69) is 19.2 Å². The Morgan fingerprint density at radius 2 is 1.85 bits per heavy atom. The second-order valence-corrected chi connectivity index (χ2v) is 6.06. The van der Waals surface area contributed by atoms with Gasteiger partial charge in [0.15, 0.2) is 0 Å². The first-order valence-corrected chi connectivity index (χ1v) is 7.59. The smallest absolute Gasteiger partial charge is 0.244 e. The summed E-state index contributed by atoms with van der Waals surface area (Å²) in [6.45, 7) is 6.49. The van der Waals surface area contributed by atoms with Crippen LogP contribution in [-0.2, 0) is 4.79 Å². The Morgan fingerprint density at radius 3 is 2.45 bits per heavy atom. The van der Waals surface area contributed by atoms with Gasteiger partial charge >= 0.3 is 0 Å². The molecule has 110 valence electrons. The summed E-state index contributed by atoms with van der Waals surface area (Å²) in [4.78, 5) is 11.8. The molecule has 0 spiro atoms. The third kappa shape index (κ3) is 7.34. The molecule has 0 heterocycles. The molecule has 0 radical (unpaired) electrons. The number of amides is 1. The second-order valence-electron chi connectivity index (χ2n) is 5.62. The van der Waals surface area contributed by atoms with E-state index in [1.165, 1.54) is 6.42 Å². The van der Waals surface area contributed by atoms with Crippen molar-refractivity contribution in [2.75, 3.05) is 0 Å². The molecule has 1 amide bonds. The summed E-state index contributed by atoms with van der Waals surface area (Å²) in [5.41, 5.74) is 0.969. The zero-order chi connectivity index (χ0) is 15.0. The van der Waals surface area contributed by atoms with Crippen LogP contribution in [0.15, 0.2) is 30.3 Å². The first kappa shape index (κ1) is 16.8. The van der Waals surface area contributed by atoms with Crippen molar-refractivity contribution in [3.05, 3.63) is 40.9 Å². The minimum atomic E-state index is -0.0444. The average molecular weight is 294 g/mol. The standard InChI is InChI=1S/C17H24ClNO/c1-13(2)5-4-6-14(3)19-17(20)12-9-15-7-10-16(18)11-8-15/h7-14H,4-6H2,1-3H3,(H,19,20). The van der Waals surface area contributed by atoms with Crippen LogP contribution in [0.25, 0.3) is 6.08 Å². The average Bonchev–Trinajstić information content (AvgIpc) is 2.37. The second kappa shape index (κ2) is 8.80. The van der Waals surface area contributed by atoms with Crippen molar-refractivity contribution >= 4 is 23.6 Å². The van der Waals surface area contributed by atoms with E-state index in [1.807, 2.05) is 31.2 Å². The van der Waals surface area contributed by atoms with Crippen molar-refractivity contribution in [3.63, 3.8) is 0 Å². The van der Waals surface area contributed by atoms with E-state index >= 15 is 0 Å². The van der Waals surface area contributed by atoms with Crippen molar-refractivity contribution in [1.29, 1.82) is 0 Å². The van der Waals surface area contributed by atoms with E-state index in [0.29, 0.717) is 5.02 Å². The Hall–Kier alpha value is -1.28. The molecule has 2 nitrogen and oxygen atoms in total. The van der Waals surface area contributed by atoms with Crippen LogP contribution in [0.5, 0.6) is 0 Å². The number of halogens is 1. The van der Waals surface area contributed by atoms with E-state index in [-0.39, 0.29) is 11.9 Å². The molecule has 0 bridgehead atoms. The van der Waals surface area contributed by atoms with Gasteiger partial charge in [-0.1, -0.05) is 50.4 Å². The summed E-state index contributed by atoms with van der Waals surface area (Å²) in [6, 6.07) is 7.62. The lowest BCUT2D eigenvalue weighted by atomic mass is 10.0.